The van der Waals surface area contributed by atoms with Gasteiger partial charge < -0.3 is 14.6 Å². The van der Waals surface area contributed by atoms with Gasteiger partial charge in [0.15, 0.2) is 0 Å². The molecule has 128 valence electrons. The van der Waals surface area contributed by atoms with E-state index in [0.29, 0.717) is 18.7 Å². The molecular weight excluding hydrogens is 314 g/mol. The average molecular weight is 335 g/mol. The van der Waals surface area contributed by atoms with Crippen molar-refractivity contribution in [2.45, 2.75) is 25.5 Å². The van der Waals surface area contributed by atoms with E-state index in [9.17, 15) is 4.79 Å². The molecule has 1 fully saturated rings. The van der Waals surface area contributed by atoms with Gasteiger partial charge in [-0.15, -0.1) is 0 Å². The zero-order valence-corrected chi connectivity index (χ0v) is 14.2. The van der Waals surface area contributed by atoms with Gasteiger partial charge in [0.1, 0.15) is 0 Å². The fourth-order valence-electron chi connectivity index (χ4n) is 3.34. The summed E-state index contributed by atoms with van der Waals surface area (Å²) < 4.78 is 5.96. The largest absolute Gasteiger partial charge is 0.374 e. The number of carbonyl (C=O) groups is 1. The molecule has 2 unspecified atom stereocenters. The lowest BCUT2D eigenvalue weighted by molar-refractivity contribution is -0.0463. The topological polar surface area (TPSA) is 58.2 Å². The predicted octanol–water partition coefficient (Wildman–Crippen LogP) is 3.04. The number of nitrogens with zero attached hydrogens (tertiary/aromatic N) is 2. The van der Waals surface area contributed by atoms with Crippen molar-refractivity contribution in [2.75, 3.05) is 13.2 Å². The molecule has 0 saturated carbocycles. The second-order valence-electron chi connectivity index (χ2n) is 6.59. The van der Waals surface area contributed by atoms with E-state index in [-0.39, 0.29) is 18.1 Å². The highest BCUT2D eigenvalue weighted by atomic mass is 16.5. The average Bonchev–Trinajstić information content (AvgIpc) is 3.11. The van der Waals surface area contributed by atoms with Crippen molar-refractivity contribution < 1.29 is 9.53 Å². The Morgan fingerprint density at radius 1 is 1.28 bits per heavy atom. The van der Waals surface area contributed by atoms with Crippen molar-refractivity contribution in [3.05, 3.63) is 66.0 Å². The molecule has 1 aliphatic rings. The minimum atomic E-state index is 0.0263. The number of ether oxygens (including phenoxy) is 1. The Kier molecular flexibility index (Phi) is 4.24. The lowest BCUT2D eigenvalue weighted by Gasteiger charge is -2.38. The highest BCUT2D eigenvalue weighted by Crippen LogP contribution is 2.20. The van der Waals surface area contributed by atoms with E-state index in [4.69, 9.17) is 4.74 Å². The van der Waals surface area contributed by atoms with Crippen LogP contribution in [0.5, 0.6) is 0 Å². The van der Waals surface area contributed by atoms with Crippen molar-refractivity contribution in [3.8, 4) is 0 Å². The van der Waals surface area contributed by atoms with Crippen molar-refractivity contribution in [2.24, 2.45) is 0 Å². The molecule has 2 aromatic carbocycles. The van der Waals surface area contributed by atoms with Gasteiger partial charge in [0.05, 0.1) is 36.1 Å². The van der Waals surface area contributed by atoms with Gasteiger partial charge in [0, 0.05) is 18.5 Å². The number of nitrogens with one attached hydrogen (secondary N) is 1. The van der Waals surface area contributed by atoms with Crippen LogP contribution in [0.2, 0.25) is 0 Å². The lowest BCUT2D eigenvalue weighted by atomic mass is 10.0. The van der Waals surface area contributed by atoms with E-state index in [2.05, 4.69) is 22.1 Å². The highest BCUT2D eigenvalue weighted by Gasteiger charge is 2.30. The first kappa shape index (κ1) is 15.8. The Hall–Kier alpha value is -2.66. The number of hydrogen-bond donors (Lipinski definition) is 1. The van der Waals surface area contributed by atoms with Crippen LogP contribution in [-0.4, -0.2) is 46.1 Å². The molecule has 1 N–H and O–H groups in total. The Morgan fingerprint density at radius 3 is 2.96 bits per heavy atom. The summed E-state index contributed by atoms with van der Waals surface area (Å²) in [7, 11) is 0. The number of benzene rings is 2. The molecule has 0 bridgehead atoms. The highest BCUT2D eigenvalue weighted by molar-refractivity contribution is 5.97. The van der Waals surface area contributed by atoms with Crippen LogP contribution < -0.4 is 0 Å². The normalized spacial score (nSPS) is 20.8. The molecule has 25 heavy (non-hydrogen) atoms. The van der Waals surface area contributed by atoms with Crippen LogP contribution in [0.25, 0.3) is 11.0 Å². The maximum atomic E-state index is 13.0. The third kappa shape index (κ3) is 3.28. The van der Waals surface area contributed by atoms with Gasteiger partial charge in [0.25, 0.3) is 5.91 Å². The number of hydrogen-bond acceptors (Lipinski definition) is 3. The van der Waals surface area contributed by atoms with Crippen LogP contribution in [0, 0.1) is 0 Å². The smallest absolute Gasteiger partial charge is 0.254 e. The molecule has 1 amide bonds. The summed E-state index contributed by atoms with van der Waals surface area (Å²) in [6.45, 7) is 3.21. The van der Waals surface area contributed by atoms with Gasteiger partial charge in [-0.1, -0.05) is 30.3 Å². The zero-order chi connectivity index (χ0) is 17.2. The molecule has 1 aromatic heterocycles. The van der Waals surface area contributed by atoms with Gasteiger partial charge in [-0.05, 0) is 30.7 Å². The van der Waals surface area contributed by atoms with Gasteiger partial charge in [-0.3, -0.25) is 4.79 Å². The first-order chi connectivity index (χ1) is 12.2. The van der Waals surface area contributed by atoms with E-state index in [1.54, 1.807) is 6.33 Å². The number of rotatable bonds is 3. The zero-order valence-electron chi connectivity index (χ0n) is 14.2. The Labute approximate surface area is 146 Å². The molecule has 1 saturated heterocycles. The fourth-order valence-corrected chi connectivity index (χ4v) is 3.34. The van der Waals surface area contributed by atoms with Crippen LogP contribution in [0.4, 0.5) is 0 Å². The summed E-state index contributed by atoms with van der Waals surface area (Å²) in [5, 5.41) is 0. The maximum Gasteiger partial charge on any atom is 0.254 e. The Balaban J connectivity index is 1.51. The minimum absolute atomic E-state index is 0.0263. The Bertz CT molecular complexity index is 875. The fraction of sp³-hybridized carbons (Fsp3) is 0.300. The van der Waals surface area contributed by atoms with Gasteiger partial charge in [0.2, 0.25) is 0 Å². The van der Waals surface area contributed by atoms with E-state index in [1.807, 2.05) is 48.2 Å². The molecule has 0 radical (unpaired) electrons. The number of aromatic amines is 1. The summed E-state index contributed by atoms with van der Waals surface area (Å²) in [5.74, 6) is 0.0466. The standard InChI is InChI=1S/C20H21N3O2/c1-14-12-25-17(9-15-5-3-2-4-6-15)11-23(14)20(24)16-7-8-18-19(10-16)22-13-21-18/h2-8,10,13-14,17H,9,11-12H2,1H3,(H,21,22). The molecule has 3 aromatic rings. The summed E-state index contributed by atoms with van der Waals surface area (Å²) in [6, 6.07) is 15.9. The second kappa shape index (κ2) is 6.69. The van der Waals surface area contributed by atoms with Crippen LogP contribution in [0.1, 0.15) is 22.8 Å². The van der Waals surface area contributed by atoms with Crippen LogP contribution in [0.3, 0.4) is 0 Å². The molecule has 4 rings (SSSR count). The van der Waals surface area contributed by atoms with Crippen LogP contribution >= 0.6 is 0 Å². The van der Waals surface area contributed by atoms with Crippen molar-refractivity contribution >= 4 is 16.9 Å². The van der Waals surface area contributed by atoms with E-state index in [0.717, 1.165) is 17.5 Å². The molecule has 0 spiro atoms. The molecular formula is C20H21N3O2. The molecule has 1 aliphatic heterocycles. The second-order valence-corrected chi connectivity index (χ2v) is 6.59. The first-order valence-electron chi connectivity index (χ1n) is 8.60. The third-order valence-electron chi connectivity index (χ3n) is 4.74. The Morgan fingerprint density at radius 2 is 2.12 bits per heavy atom. The van der Waals surface area contributed by atoms with E-state index in [1.165, 1.54) is 5.56 Å². The summed E-state index contributed by atoms with van der Waals surface area (Å²) in [6.07, 6.45) is 2.49. The summed E-state index contributed by atoms with van der Waals surface area (Å²) in [4.78, 5) is 22.2. The van der Waals surface area contributed by atoms with Gasteiger partial charge in [-0.2, -0.15) is 0 Å². The number of amides is 1. The number of carbonyl (C=O) groups excluding carboxylic acids is 1. The van der Waals surface area contributed by atoms with Gasteiger partial charge >= 0.3 is 0 Å². The molecule has 2 heterocycles. The summed E-state index contributed by atoms with van der Waals surface area (Å²) in [5.41, 5.74) is 3.67. The predicted molar refractivity (Wildman–Crippen MR) is 96.5 cm³/mol. The number of fused-ring (bicyclic) bond motifs is 1. The molecule has 0 aliphatic carbocycles. The number of morpholine rings is 1. The first-order valence-corrected chi connectivity index (χ1v) is 8.60. The van der Waals surface area contributed by atoms with Crippen LogP contribution in [0.15, 0.2) is 54.9 Å². The number of imidazole rings is 1. The third-order valence-corrected chi connectivity index (χ3v) is 4.74. The van der Waals surface area contributed by atoms with E-state index < -0.39 is 0 Å². The maximum absolute atomic E-state index is 13.0. The van der Waals surface area contributed by atoms with Gasteiger partial charge in [-0.25, -0.2) is 4.98 Å². The molecule has 5 heteroatoms. The van der Waals surface area contributed by atoms with E-state index >= 15 is 0 Å². The SMILES string of the molecule is CC1COC(Cc2ccccc2)CN1C(=O)c1ccc2nc[nH]c2c1. The molecule has 5 nitrogen and oxygen atoms in total. The number of aromatic nitrogens is 2. The summed E-state index contributed by atoms with van der Waals surface area (Å²) >= 11 is 0. The minimum Gasteiger partial charge on any atom is -0.374 e. The van der Waals surface area contributed by atoms with Crippen LogP contribution in [-0.2, 0) is 11.2 Å². The van der Waals surface area contributed by atoms with Crippen molar-refractivity contribution in [1.29, 1.82) is 0 Å². The monoisotopic (exact) mass is 335 g/mol. The van der Waals surface area contributed by atoms with Crippen molar-refractivity contribution in [3.63, 3.8) is 0 Å². The lowest BCUT2D eigenvalue weighted by Crippen LogP contribution is -2.51. The number of H-pyrrole nitrogens is 1. The van der Waals surface area contributed by atoms with Crippen molar-refractivity contribution in [1.82, 2.24) is 14.9 Å². The molecule has 2 atom stereocenters. The quantitative estimate of drug-likeness (QED) is 0.800.